The Labute approximate surface area is 104 Å². The summed E-state index contributed by atoms with van der Waals surface area (Å²) in [4.78, 5) is 13.7. The molecule has 0 atom stereocenters. The van der Waals surface area contributed by atoms with Crippen LogP contribution in [0.1, 0.15) is 33.1 Å². The van der Waals surface area contributed by atoms with Crippen LogP contribution in [0.25, 0.3) is 0 Å². The zero-order valence-corrected chi connectivity index (χ0v) is 11.7. The molecule has 1 N–H and O–H groups in total. The molecule has 0 bridgehead atoms. The summed E-state index contributed by atoms with van der Waals surface area (Å²) in [5.74, 6) is 1.28. The molecule has 4 heteroatoms. The Hall–Kier alpha value is -0.220. The van der Waals surface area contributed by atoms with Crippen molar-refractivity contribution in [3.05, 3.63) is 0 Å². The van der Waals surface area contributed by atoms with Crippen molar-refractivity contribution in [1.82, 2.24) is 10.2 Å². The highest BCUT2D eigenvalue weighted by Gasteiger charge is 2.01. The first kappa shape index (κ1) is 15.8. The lowest BCUT2D eigenvalue weighted by Crippen LogP contribution is -2.29. The topological polar surface area (TPSA) is 32.3 Å². The van der Waals surface area contributed by atoms with Gasteiger partial charge in [-0.3, -0.25) is 4.79 Å². The Morgan fingerprint density at radius 3 is 2.50 bits per heavy atom. The summed E-state index contributed by atoms with van der Waals surface area (Å²) in [6, 6.07) is 0. The molecule has 0 rings (SSSR count). The van der Waals surface area contributed by atoms with Crippen LogP contribution in [0.15, 0.2) is 0 Å². The van der Waals surface area contributed by atoms with Crippen LogP contribution in [0, 0.1) is 0 Å². The first-order valence-corrected chi connectivity index (χ1v) is 7.61. The van der Waals surface area contributed by atoms with Crippen molar-refractivity contribution in [2.45, 2.75) is 33.1 Å². The minimum atomic E-state index is 0.202. The van der Waals surface area contributed by atoms with E-state index in [2.05, 4.69) is 30.3 Å². The van der Waals surface area contributed by atoms with Crippen LogP contribution in [0.3, 0.4) is 0 Å². The van der Waals surface area contributed by atoms with Gasteiger partial charge in [-0.15, -0.1) is 0 Å². The first-order chi connectivity index (χ1) is 7.74. The van der Waals surface area contributed by atoms with Gasteiger partial charge in [-0.25, -0.2) is 0 Å². The SMILES string of the molecule is CCN(CC)CCCNC(=O)CCCSC. The number of nitrogens with one attached hydrogen (secondary N) is 1. The van der Waals surface area contributed by atoms with Crippen molar-refractivity contribution >= 4 is 17.7 Å². The first-order valence-electron chi connectivity index (χ1n) is 6.22. The fourth-order valence-corrected chi connectivity index (χ4v) is 1.97. The van der Waals surface area contributed by atoms with Crippen molar-refractivity contribution in [3.8, 4) is 0 Å². The van der Waals surface area contributed by atoms with Crippen molar-refractivity contribution in [1.29, 1.82) is 0 Å². The summed E-state index contributed by atoms with van der Waals surface area (Å²) < 4.78 is 0. The number of hydrogen-bond acceptors (Lipinski definition) is 3. The third-order valence-corrected chi connectivity index (χ3v) is 3.32. The number of thioether (sulfide) groups is 1. The molecular formula is C12H26N2OS. The normalized spacial score (nSPS) is 10.8. The van der Waals surface area contributed by atoms with Gasteiger partial charge in [0, 0.05) is 13.0 Å². The van der Waals surface area contributed by atoms with Crippen LogP contribution in [-0.4, -0.2) is 49.0 Å². The molecule has 0 aliphatic heterocycles. The lowest BCUT2D eigenvalue weighted by molar-refractivity contribution is -0.121. The summed E-state index contributed by atoms with van der Waals surface area (Å²) in [7, 11) is 0. The average molecular weight is 246 g/mol. The van der Waals surface area contributed by atoms with Gasteiger partial charge in [0.05, 0.1) is 0 Å². The van der Waals surface area contributed by atoms with Crippen molar-refractivity contribution in [2.75, 3.05) is 38.2 Å². The highest BCUT2D eigenvalue weighted by atomic mass is 32.2. The minimum Gasteiger partial charge on any atom is -0.356 e. The summed E-state index contributed by atoms with van der Waals surface area (Å²) in [6.45, 7) is 8.43. The second-order valence-corrected chi connectivity index (χ2v) is 4.81. The molecule has 0 radical (unpaired) electrons. The van der Waals surface area contributed by atoms with Crippen molar-refractivity contribution in [3.63, 3.8) is 0 Å². The van der Waals surface area contributed by atoms with Gasteiger partial charge < -0.3 is 10.2 Å². The van der Waals surface area contributed by atoms with E-state index in [1.165, 1.54) is 0 Å². The Morgan fingerprint density at radius 1 is 1.25 bits per heavy atom. The fraction of sp³-hybridized carbons (Fsp3) is 0.917. The summed E-state index contributed by atoms with van der Waals surface area (Å²) >= 11 is 1.80. The highest BCUT2D eigenvalue weighted by molar-refractivity contribution is 7.98. The fourth-order valence-electron chi connectivity index (χ4n) is 1.54. The van der Waals surface area contributed by atoms with Crippen LogP contribution in [0.5, 0.6) is 0 Å². The Kier molecular flexibility index (Phi) is 11.1. The predicted octanol–water partition coefficient (Wildman–Crippen LogP) is 1.98. The number of hydrogen-bond donors (Lipinski definition) is 1. The minimum absolute atomic E-state index is 0.202. The monoisotopic (exact) mass is 246 g/mol. The third-order valence-electron chi connectivity index (χ3n) is 2.62. The lowest BCUT2D eigenvalue weighted by atomic mass is 10.3. The van der Waals surface area contributed by atoms with Crippen molar-refractivity contribution < 1.29 is 4.79 Å². The number of nitrogens with zero attached hydrogens (tertiary/aromatic N) is 1. The number of rotatable bonds is 10. The molecule has 0 aromatic heterocycles. The van der Waals surface area contributed by atoms with E-state index in [0.717, 1.165) is 44.8 Å². The molecule has 0 aromatic carbocycles. The molecule has 0 spiro atoms. The van der Waals surface area contributed by atoms with Gasteiger partial charge in [0.25, 0.3) is 0 Å². The van der Waals surface area contributed by atoms with Gasteiger partial charge in [0.2, 0.25) is 5.91 Å². The van der Waals surface area contributed by atoms with Crippen molar-refractivity contribution in [2.24, 2.45) is 0 Å². The molecule has 96 valence electrons. The number of carbonyl (C=O) groups is 1. The van der Waals surface area contributed by atoms with Crippen LogP contribution < -0.4 is 5.32 Å². The van der Waals surface area contributed by atoms with Gasteiger partial charge in [-0.2, -0.15) is 11.8 Å². The van der Waals surface area contributed by atoms with E-state index in [4.69, 9.17) is 0 Å². The Morgan fingerprint density at radius 2 is 1.94 bits per heavy atom. The van der Waals surface area contributed by atoms with E-state index in [1.807, 2.05) is 0 Å². The van der Waals surface area contributed by atoms with E-state index < -0.39 is 0 Å². The third kappa shape index (κ3) is 9.04. The number of amides is 1. The Balaban J connectivity index is 3.33. The van der Waals surface area contributed by atoms with E-state index in [-0.39, 0.29) is 5.91 Å². The highest BCUT2D eigenvalue weighted by Crippen LogP contribution is 1.98. The van der Waals surface area contributed by atoms with Crippen LogP contribution >= 0.6 is 11.8 Å². The van der Waals surface area contributed by atoms with Crippen LogP contribution in [0.2, 0.25) is 0 Å². The van der Waals surface area contributed by atoms with E-state index in [0.29, 0.717) is 6.42 Å². The standard InChI is InChI=1S/C12H26N2OS/c1-4-14(5-2)10-7-9-13-12(15)8-6-11-16-3/h4-11H2,1-3H3,(H,13,15). The molecule has 16 heavy (non-hydrogen) atoms. The molecule has 0 fully saturated rings. The molecular weight excluding hydrogens is 220 g/mol. The number of carbonyl (C=O) groups excluding carboxylic acids is 1. The second kappa shape index (κ2) is 11.3. The molecule has 0 saturated carbocycles. The predicted molar refractivity (Wildman–Crippen MR) is 73.0 cm³/mol. The molecule has 1 amide bonds. The summed E-state index contributed by atoms with van der Waals surface area (Å²) in [5.41, 5.74) is 0. The molecule has 3 nitrogen and oxygen atoms in total. The maximum Gasteiger partial charge on any atom is 0.220 e. The average Bonchev–Trinajstić information content (AvgIpc) is 2.30. The van der Waals surface area contributed by atoms with Gasteiger partial charge in [0.1, 0.15) is 0 Å². The second-order valence-electron chi connectivity index (χ2n) is 3.83. The quantitative estimate of drug-likeness (QED) is 0.598. The Bertz CT molecular complexity index is 172. The van der Waals surface area contributed by atoms with Gasteiger partial charge in [0.15, 0.2) is 0 Å². The van der Waals surface area contributed by atoms with E-state index in [1.54, 1.807) is 11.8 Å². The van der Waals surface area contributed by atoms with E-state index >= 15 is 0 Å². The maximum atomic E-state index is 11.4. The van der Waals surface area contributed by atoms with Crippen LogP contribution in [-0.2, 0) is 4.79 Å². The van der Waals surface area contributed by atoms with Gasteiger partial charge >= 0.3 is 0 Å². The molecule has 0 aliphatic rings. The lowest BCUT2D eigenvalue weighted by Gasteiger charge is -2.17. The maximum absolute atomic E-state index is 11.4. The zero-order chi connectivity index (χ0) is 12.2. The summed E-state index contributed by atoms with van der Waals surface area (Å²) in [5, 5.41) is 2.97. The van der Waals surface area contributed by atoms with Crippen LogP contribution in [0.4, 0.5) is 0 Å². The molecule has 0 unspecified atom stereocenters. The molecule has 0 heterocycles. The smallest absolute Gasteiger partial charge is 0.220 e. The molecule has 0 aromatic rings. The molecule has 0 saturated heterocycles. The molecule has 0 aliphatic carbocycles. The summed E-state index contributed by atoms with van der Waals surface area (Å²) in [6.07, 6.45) is 4.78. The van der Waals surface area contributed by atoms with Gasteiger partial charge in [-0.1, -0.05) is 13.8 Å². The zero-order valence-electron chi connectivity index (χ0n) is 10.9. The van der Waals surface area contributed by atoms with Gasteiger partial charge in [-0.05, 0) is 44.5 Å². The largest absolute Gasteiger partial charge is 0.356 e. The van der Waals surface area contributed by atoms with E-state index in [9.17, 15) is 4.79 Å².